The highest BCUT2D eigenvalue weighted by Gasteiger charge is 2.32. The van der Waals surface area contributed by atoms with Crippen molar-refractivity contribution in [1.82, 2.24) is 0 Å². The minimum absolute atomic E-state index is 0.304. The van der Waals surface area contributed by atoms with Crippen LogP contribution in [0.4, 0.5) is 0 Å². The fourth-order valence-electron chi connectivity index (χ4n) is 2.33. The molecule has 0 amide bonds. The first kappa shape index (κ1) is 10.8. The number of hydrogen-bond donors (Lipinski definition) is 0. The Labute approximate surface area is 101 Å². The first-order valence-corrected chi connectivity index (χ1v) is 6.14. The summed E-state index contributed by atoms with van der Waals surface area (Å²) >= 11 is 0. The van der Waals surface area contributed by atoms with E-state index in [4.69, 9.17) is 9.47 Å². The maximum Gasteiger partial charge on any atom is 0.188 e. The molecular weight excluding hydrogens is 214 g/mol. The molecule has 1 heterocycles. The SMILES string of the molecule is COCOc1ccc2c(c1)CC(C1CC1)N=C2. The average Bonchev–Trinajstić information content (AvgIpc) is 3.19. The van der Waals surface area contributed by atoms with Crippen molar-refractivity contribution in [2.24, 2.45) is 10.9 Å². The van der Waals surface area contributed by atoms with Crippen LogP contribution in [0.5, 0.6) is 5.75 Å². The fraction of sp³-hybridized carbons (Fsp3) is 0.500. The van der Waals surface area contributed by atoms with Gasteiger partial charge in [0.1, 0.15) is 5.75 Å². The highest BCUT2D eigenvalue weighted by molar-refractivity contribution is 5.83. The Bertz CT molecular complexity index is 438. The lowest BCUT2D eigenvalue weighted by Crippen LogP contribution is -2.17. The van der Waals surface area contributed by atoms with Crippen molar-refractivity contribution in [1.29, 1.82) is 0 Å². The van der Waals surface area contributed by atoms with Crippen molar-refractivity contribution in [2.45, 2.75) is 25.3 Å². The van der Waals surface area contributed by atoms with Gasteiger partial charge in [0.05, 0.1) is 6.04 Å². The Morgan fingerprint density at radius 2 is 2.24 bits per heavy atom. The molecule has 0 N–H and O–H groups in total. The highest BCUT2D eigenvalue weighted by atomic mass is 16.7. The largest absolute Gasteiger partial charge is 0.468 e. The summed E-state index contributed by atoms with van der Waals surface area (Å²) in [6, 6.07) is 6.67. The number of hydrogen-bond acceptors (Lipinski definition) is 3. The highest BCUT2D eigenvalue weighted by Crippen LogP contribution is 2.37. The summed E-state index contributed by atoms with van der Waals surface area (Å²) in [6.45, 7) is 0.304. The summed E-state index contributed by atoms with van der Waals surface area (Å²) in [5.41, 5.74) is 2.58. The standard InChI is InChI=1S/C14H17NO2/c1-16-9-17-13-5-4-11-8-15-14(10-2-3-10)7-12(11)6-13/h4-6,8,10,14H,2-3,7,9H2,1H3. The van der Waals surface area contributed by atoms with Gasteiger partial charge in [-0.15, -0.1) is 0 Å². The van der Waals surface area contributed by atoms with Gasteiger partial charge in [-0.25, -0.2) is 0 Å². The van der Waals surface area contributed by atoms with Crippen LogP contribution in [0.3, 0.4) is 0 Å². The van der Waals surface area contributed by atoms with Crippen molar-refractivity contribution in [3.8, 4) is 5.75 Å². The lowest BCUT2D eigenvalue weighted by Gasteiger charge is -2.19. The van der Waals surface area contributed by atoms with Crippen molar-refractivity contribution < 1.29 is 9.47 Å². The van der Waals surface area contributed by atoms with Crippen molar-refractivity contribution >= 4 is 6.21 Å². The Kier molecular flexibility index (Phi) is 2.85. The van der Waals surface area contributed by atoms with E-state index in [9.17, 15) is 0 Å². The molecule has 2 aliphatic rings. The lowest BCUT2D eigenvalue weighted by atomic mass is 9.95. The minimum atomic E-state index is 0.304. The van der Waals surface area contributed by atoms with E-state index in [1.165, 1.54) is 24.0 Å². The van der Waals surface area contributed by atoms with Gasteiger partial charge in [-0.05, 0) is 54.5 Å². The molecule has 90 valence electrons. The van der Waals surface area contributed by atoms with E-state index in [1.54, 1.807) is 7.11 Å². The predicted molar refractivity (Wildman–Crippen MR) is 66.8 cm³/mol. The Morgan fingerprint density at radius 3 is 3.00 bits per heavy atom. The molecule has 0 bridgehead atoms. The number of ether oxygens (including phenoxy) is 2. The molecule has 17 heavy (non-hydrogen) atoms. The third-order valence-electron chi connectivity index (χ3n) is 3.46. The molecule has 0 spiro atoms. The molecule has 0 saturated heterocycles. The van der Waals surface area contributed by atoms with Crippen LogP contribution in [0.1, 0.15) is 24.0 Å². The Balaban J connectivity index is 1.77. The van der Waals surface area contributed by atoms with E-state index in [0.29, 0.717) is 12.8 Å². The van der Waals surface area contributed by atoms with Gasteiger partial charge >= 0.3 is 0 Å². The van der Waals surface area contributed by atoms with Crippen LogP contribution >= 0.6 is 0 Å². The summed E-state index contributed by atoms with van der Waals surface area (Å²) in [4.78, 5) is 4.63. The summed E-state index contributed by atoms with van der Waals surface area (Å²) in [5, 5.41) is 0. The second-order valence-electron chi connectivity index (χ2n) is 4.80. The molecule has 1 aromatic carbocycles. The predicted octanol–water partition coefficient (Wildman–Crippen LogP) is 2.42. The normalized spacial score (nSPS) is 22.3. The Morgan fingerprint density at radius 1 is 1.35 bits per heavy atom. The first-order valence-electron chi connectivity index (χ1n) is 6.14. The summed E-state index contributed by atoms with van der Waals surface area (Å²) in [6.07, 6.45) is 5.76. The summed E-state index contributed by atoms with van der Waals surface area (Å²) in [7, 11) is 1.63. The van der Waals surface area contributed by atoms with Crippen molar-refractivity contribution in [2.75, 3.05) is 13.9 Å². The zero-order chi connectivity index (χ0) is 11.7. The third-order valence-corrected chi connectivity index (χ3v) is 3.46. The summed E-state index contributed by atoms with van der Waals surface area (Å²) in [5.74, 6) is 1.71. The van der Waals surface area contributed by atoms with Gasteiger partial charge in [-0.3, -0.25) is 4.99 Å². The molecular formula is C14H17NO2. The average molecular weight is 231 g/mol. The quantitative estimate of drug-likeness (QED) is 0.745. The topological polar surface area (TPSA) is 30.8 Å². The zero-order valence-corrected chi connectivity index (χ0v) is 10.1. The first-order chi connectivity index (χ1) is 8.36. The zero-order valence-electron chi connectivity index (χ0n) is 10.1. The lowest BCUT2D eigenvalue weighted by molar-refractivity contribution is 0.0511. The van der Waals surface area contributed by atoms with E-state index in [1.807, 2.05) is 12.3 Å². The molecule has 3 rings (SSSR count). The number of nitrogens with zero attached hydrogens (tertiary/aromatic N) is 1. The molecule has 0 aromatic heterocycles. The van der Waals surface area contributed by atoms with Gasteiger partial charge in [-0.1, -0.05) is 0 Å². The third kappa shape index (κ3) is 2.34. The van der Waals surface area contributed by atoms with E-state index < -0.39 is 0 Å². The molecule has 1 fully saturated rings. The number of rotatable bonds is 4. The van der Waals surface area contributed by atoms with Gasteiger partial charge in [-0.2, -0.15) is 0 Å². The molecule has 1 aromatic rings. The molecule has 1 aliphatic carbocycles. The van der Waals surface area contributed by atoms with Crippen molar-refractivity contribution in [3.05, 3.63) is 29.3 Å². The summed E-state index contributed by atoms with van der Waals surface area (Å²) < 4.78 is 10.4. The van der Waals surface area contributed by atoms with Crippen molar-refractivity contribution in [3.63, 3.8) is 0 Å². The fourth-order valence-corrected chi connectivity index (χ4v) is 2.33. The van der Waals surface area contributed by atoms with Gasteiger partial charge < -0.3 is 9.47 Å². The molecule has 0 radical (unpaired) electrons. The molecule has 1 atom stereocenters. The van der Waals surface area contributed by atoms with Gasteiger partial charge in [0.15, 0.2) is 6.79 Å². The number of aliphatic imine (C=N–C) groups is 1. The molecule has 1 unspecified atom stereocenters. The van der Waals surface area contributed by atoms with Crippen LogP contribution < -0.4 is 4.74 Å². The number of benzene rings is 1. The number of methoxy groups -OCH3 is 1. The molecule has 3 heteroatoms. The van der Waals surface area contributed by atoms with Crippen LogP contribution in [0, 0.1) is 5.92 Å². The van der Waals surface area contributed by atoms with Gasteiger partial charge in [0, 0.05) is 13.3 Å². The Hall–Kier alpha value is -1.35. The second kappa shape index (κ2) is 4.49. The van der Waals surface area contributed by atoms with Crippen LogP contribution in [0.15, 0.2) is 23.2 Å². The van der Waals surface area contributed by atoms with Crippen LogP contribution in [-0.2, 0) is 11.2 Å². The molecule has 3 nitrogen and oxygen atoms in total. The second-order valence-corrected chi connectivity index (χ2v) is 4.80. The van der Waals surface area contributed by atoms with Crippen LogP contribution in [-0.4, -0.2) is 26.2 Å². The van der Waals surface area contributed by atoms with Gasteiger partial charge in [0.2, 0.25) is 0 Å². The minimum Gasteiger partial charge on any atom is -0.468 e. The maximum atomic E-state index is 5.47. The van der Waals surface area contributed by atoms with E-state index in [-0.39, 0.29) is 0 Å². The van der Waals surface area contributed by atoms with E-state index in [0.717, 1.165) is 18.1 Å². The molecule has 1 saturated carbocycles. The maximum absolute atomic E-state index is 5.47. The van der Waals surface area contributed by atoms with Crippen LogP contribution in [0.25, 0.3) is 0 Å². The van der Waals surface area contributed by atoms with Crippen LogP contribution in [0.2, 0.25) is 0 Å². The molecule has 1 aliphatic heterocycles. The van der Waals surface area contributed by atoms with Gasteiger partial charge in [0.25, 0.3) is 0 Å². The smallest absolute Gasteiger partial charge is 0.188 e. The van der Waals surface area contributed by atoms with E-state index >= 15 is 0 Å². The monoisotopic (exact) mass is 231 g/mol. The number of fused-ring (bicyclic) bond motifs is 1. The van der Waals surface area contributed by atoms with E-state index in [2.05, 4.69) is 17.1 Å².